The number of nitrogens with two attached hydrogens (primary N) is 1. The molecule has 102 valence electrons. The Morgan fingerprint density at radius 3 is 2.60 bits per heavy atom. The Labute approximate surface area is 116 Å². The van der Waals surface area contributed by atoms with E-state index in [-0.39, 0.29) is 10.6 Å². The summed E-state index contributed by atoms with van der Waals surface area (Å²) in [5, 5.41) is 0. The maximum absolute atomic E-state index is 13.3. The first-order valence-electron chi connectivity index (χ1n) is 5.57. The number of sulfonamides is 1. The number of nitrogen functional groups attached to an aromatic ring is 1. The molecule has 2 aromatic carbocycles. The average molecular weight is 290 g/mol. The second-order valence-corrected chi connectivity index (χ2v) is 5.63. The minimum Gasteiger partial charge on any atom is -0.395 e. The number of halogens is 1. The van der Waals surface area contributed by atoms with Crippen LogP contribution < -0.4 is 10.5 Å². The van der Waals surface area contributed by atoms with Gasteiger partial charge in [0.1, 0.15) is 10.7 Å². The van der Waals surface area contributed by atoms with Gasteiger partial charge in [0.05, 0.1) is 11.4 Å². The molecule has 0 atom stereocenters. The van der Waals surface area contributed by atoms with Gasteiger partial charge in [0.15, 0.2) is 0 Å². The van der Waals surface area contributed by atoms with Crippen molar-refractivity contribution in [3.05, 3.63) is 53.8 Å². The molecule has 0 saturated heterocycles. The van der Waals surface area contributed by atoms with Gasteiger partial charge in [-0.15, -0.1) is 6.42 Å². The van der Waals surface area contributed by atoms with E-state index in [1.165, 1.54) is 24.3 Å². The van der Waals surface area contributed by atoms with Gasteiger partial charge >= 0.3 is 0 Å². The fourth-order valence-corrected chi connectivity index (χ4v) is 2.83. The number of para-hydroxylation sites is 1. The van der Waals surface area contributed by atoms with Crippen LogP contribution in [0.2, 0.25) is 0 Å². The van der Waals surface area contributed by atoms with Crippen LogP contribution in [0.1, 0.15) is 5.56 Å². The number of hydrogen-bond acceptors (Lipinski definition) is 3. The summed E-state index contributed by atoms with van der Waals surface area (Å²) in [5.41, 5.74) is 5.84. The van der Waals surface area contributed by atoms with Gasteiger partial charge in [0.25, 0.3) is 10.0 Å². The van der Waals surface area contributed by atoms with Crippen LogP contribution in [-0.4, -0.2) is 8.42 Å². The molecule has 0 radical (unpaired) electrons. The van der Waals surface area contributed by atoms with Crippen molar-refractivity contribution in [2.24, 2.45) is 0 Å². The first-order valence-corrected chi connectivity index (χ1v) is 7.06. The minimum atomic E-state index is -3.98. The zero-order valence-corrected chi connectivity index (χ0v) is 11.1. The summed E-state index contributed by atoms with van der Waals surface area (Å²) in [5.74, 6) is 1.61. The van der Waals surface area contributed by atoms with E-state index in [9.17, 15) is 12.8 Å². The molecule has 0 saturated carbocycles. The molecule has 0 aliphatic carbocycles. The van der Waals surface area contributed by atoms with Gasteiger partial charge in [-0.05, 0) is 30.3 Å². The Morgan fingerprint density at radius 2 is 1.90 bits per heavy atom. The predicted octanol–water partition coefficient (Wildman–Crippen LogP) is 2.19. The van der Waals surface area contributed by atoms with Crippen molar-refractivity contribution in [2.45, 2.75) is 4.90 Å². The largest absolute Gasteiger partial charge is 0.395 e. The van der Waals surface area contributed by atoms with Gasteiger partial charge in [-0.3, -0.25) is 4.72 Å². The van der Waals surface area contributed by atoms with Crippen molar-refractivity contribution >= 4 is 21.4 Å². The van der Waals surface area contributed by atoms with Crippen molar-refractivity contribution in [3.63, 3.8) is 0 Å². The third kappa shape index (κ3) is 2.73. The Morgan fingerprint density at radius 1 is 1.20 bits per heavy atom. The van der Waals surface area contributed by atoms with Crippen molar-refractivity contribution < 1.29 is 12.8 Å². The van der Waals surface area contributed by atoms with E-state index < -0.39 is 21.5 Å². The van der Waals surface area contributed by atoms with E-state index in [0.29, 0.717) is 5.56 Å². The Hall–Kier alpha value is -2.52. The summed E-state index contributed by atoms with van der Waals surface area (Å²) in [7, 11) is -3.98. The van der Waals surface area contributed by atoms with Gasteiger partial charge in [-0.1, -0.05) is 18.1 Å². The lowest BCUT2D eigenvalue weighted by molar-refractivity contribution is 0.597. The lowest BCUT2D eigenvalue weighted by atomic mass is 10.2. The smallest absolute Gasteiger partial charge is 0.264 e. The van der Waals surface area contributed by atoms with E-state index in [2.05, 4.69) is 10.6 Å². The summed E-state index contributed by atoms with van der Waals surface area (Å²) >= 11 is 0. The molecule has 0 aliphatic heterocycles. The van der Waals surface area contributed by atoms with E-state index >= 15 is 0 Å². The third-order valence-corrected chi connectivity index (χ3v) is 4.02. The van der Waals surface area contributed by atoms with Crippen molar-refractivity contribution in [1.82, 2.24) is 0 Å². The molecule has 20 heavy (non-hydrogen) atoms. The summed E-state index contributed by atoms with van der Waals surface area (Å²) in [6, 6.07) is 9.90. The van der Waals surface area contributed by atoms with Crippen LogP contribution in [0.4, 0.5) is 15.8 Å². The summed E-state index contributed by atoms with van der Waals surface area (Å²) in [4.78, 5) is -0.316. The normalized spacial score (nSPS) is 10.8. The third-order valence-electron chi connectivity index (χ3n) is 2.58. The number of anilines is 2. The van der Waals surface area contributed by atoms with Gasteiger partial charge in [0.2, 0.25) is 0 Å². The molecule has 0 unspecified atom stereocenters. The van der Waals surface area contributed by atoms with E-state index in [1.807, 2.05) is 0 Å². The highest BCUT2D eigenvalue weighted by atomic mass is 32.2. The Balaban J connectivity index is 2.41. The average Bonchev–Trinajstić information content (AvgIpc) is 2.41. The van der Waals surface area contributed by atoms with Crippen LogP contribution in [0.5, 0.6) is 0 Å². The summed E-state index contributed by atoms with van der Waals surface area (Å²) in [6.45, 7) is 0. The van der Waals surface area contributed by atoms with E-state index in [1.54, 1.807) is 12.1 Å². The van der Waals surface area contributed by atoms with Crippen LogP contribution in [0.15, 0.2) is 47.4 Å². The molecule has 0 bridgehead atoms. The number of terminal acetylenes is 1. The lowest BCUT2D eigenvalue weighted by Crippen LogP contribution is -2.15. The second kappa shape index (κ2) is 5.23. The number of hydrogen-bond donors (Lipinski definition) is 2. The van der Waals surface area contributed by atoms with Gasteiger partial charge in [-0.25, -0.2) is 12.8 Å². The maximum atomic E-state index is 13.3. The highest BCUT2D eigenvalue weighted by Crippen LogP contribution is 2.23. The van der Waals surface area contributed by atoms with Gasteiger partial charge in [-0.2, -0.15) is 0 Å². The number of benzene rings is 2. The van der Waals surface area contributed by atoms with E-state index in [0.717, 1.165) is 6.07 Å². The predicted molar refractivity (Wildman–Crippen MR) is 76.0 cm³/mol. The van der Waals surface area contributed by atoms with Gasteiger partial charge < -0.3 is 5.73 Å². The molecule has 0 aromatic heterocycles. The molecule has 0 amide bonds. The monoisotopic (exact) mass is 290 g/mol. The van der Waals surface area contributed by atoms with Crippen LogP contribution in [0, 0.1) is 18.2 Å². The fraction of sp³-hybridized carbons (Fsp3) is 0. The van der Waals surface area contributed by atoms with Crippen molar-refractivity contribution in [2.75, 3.05) is 10.5 Å². The van der Waals surface area contributed by atoms with Gasteiger partial charge in [0, 0.05) is 5.56 Å². The standard InChI is InChI=1S/C14H11FN2O2S/c1-2-10-5-3-6-11(9-10)17-20(18,19)13-8-4-7-12(15)14(13)16/h1,3-9,17H,16H2. The second-order valence-electron chi connectivity index (χ2n) is 3.98. The molecule has 3 N–H and O–H groups in total. The summed E-state index contributed by atoms with van der Waals surface area (Å²) < 4.78 is 40.0. The quantitative estimate of drug-likeness (QED) is 0.672. The number of rotatable bonds is 3. The molecule has 0 aliphatic rings. The zero-order valence-electron chi connectivity index (χ0n) is 10.3. The SMILES string of the molecule is C#Cc1cccc(NS(=O)(=O)c2cccc(F)c2N)c1. The van der Waals surface area contributed by atoms with Crippen LogP contribution >= 0.6 is 0 Å². The molecule has 4 nitrogen and oxygen atoms in total. The van der Waals surface area contributed by atoms with E-state index in [4.69, 9.17) is 12.2 Å². The van der Waals surface area contributed by atoms with Crippen LogP contribution in [0.25, 0.3) is 0 Å². The maximum Gasteiger partial charge on any atom is 0.264 e. The lowest BCUT2D eigenvalue weighted by Gasteiger charge is -2.10. The first-order chi connectivity index (χ1) is 9.44. The molecule has 0 heterocycles. The molecule has 0 fully saturated rings. The Bertz CT molecular complexity index is 795. The van der Waals surface area contributed by atoms with Crippen LogP contribution in [0.3, 0.4) is 0 Å². The molecular formula is C14H11FN2O2S. The molecule has 0 spiro atoms. The topological polar surface area (TPSA) is 72.2 Å². The molecule has 2 rings (SSSR count). The number of nitrogens with one attached hydrogen (secondary N) is 1. The molecular weight excluding hydrogens is 279 g/mol. The Kier molecular flexibility index (Phi) is 3.63. The fourth-order valence-electron chi connectivity index (χ4n) is 1.63. The minimum absolute atomic E-state index is 0.282. The zero-order chi connectivity index (χ0) is 14.8. The summed E-state index contributed by atoms with van der Waals surface area (Å²) in [6.07, 6.45) is 5.24. The highest BCUT2D eigenvalue weighted by molar-refractivity contribution is 7.92. The van der Waals surface area contributed by atoms with Crippen LogP contribution in [-0.2, 0) is 10.0 Å². The molecule has 6 heteroatoms. The first kappa shape index (κ1) is 13.9. The molecule has 2 aromatic rings. The highest BCUT2D eigenvalue weighted by Gasteiger charge is 2.19. The van der Waals surface area contributed by atoms with Crippen molar-refractivity contribution in [1.29, 1.82) is 0 Å². The van der Waals surface area contributed by atoms with Crippen molar-refractivity contribution in [3.8, 4) is 12.3 Å².